The molecule has 2 saturated heterocycles. The number of β-amino-alcohol motifs (C(OH)–C–C–N with tert-alkyl or cyclic N) is 1. The van der Waals surface area contributed by atoms with E-state index in [1.165, 1.54) is 4.90 Å². The molecule has 0 saturated carbocycles. The average Bonchev–Trinajstić information content (AvgIpc) is 2.45. The maximum absolute atomic E-state index is 12.3. The first kappa shape index (κ1) is 20.0. The van der Waals surface area contributed by atoms with Gasteiger partial charge < -0.3 is 19.8 Å². The molecule has 8 nitrogen and oxygen atoms in total. The molecule has 1 unspecified atom stereocenters. The summed E-state index contributed by atoms with van der Waals surface area (Å²) >= 11 is 0. The normalized spacial score (nSPS) is 29.0. The second-order valence-corrected chi connectivity index (χ2v) is 10.4. The first-order valence-corrected chi connectivity index (χ1v) is 10.3. The summed E-state index contributed by atoms with van der Waals surface area (Å²) in [5.74, 6) is -1.75. The fraction of sp³-hybridized carbons (Fsp3) is 0.875. The van der Waals surface area contributed by atoms with Gasteiger partial charge in [-0.1, -0.05) is 0 Å². The van der Waals surface area contributed by atoms with Crippen molar-refractivity contribution in [2.45, 2.75) is 57.7 Å². The average molecular weight is 377 g/mol. The van der Waals surface area contributed by atoms with Crippen molar-refractivity contribution in [1.82, 2.24) is 4.90 Å². The van der Waals surface area contributed by atoms with Crippen molar-refractivity contribution >= 4 is 21.9 Å². The Bertz CT molecular complexity index is 638. The fourth-order valence-electron chi connectivity index (χ4n) is 3.67. The van der Waals surface area contributed by atoms with Crippen molar-refractivity contribution < 1.29 is 33.0 Å². The van der Waals surface area contributed by atoms with Crippen LogP contribution < -0.4 is 0 Å². The van der Waals surface area contributed by atoms with Crippen LogP contribution in [-0.4, -0.2) is 71.4 Å². The Hall–Kier alpha value is -1.35. The third-order valence-electron chi connectivity index (χ3n) is 5.10. The number of carbonyl (C=O) groups excluding carboxylic acids is 1. The molecule has 9 heteroatoms. The summed E-state index contributed by atoms with van der Waals surface area (Å²) < 4.78 is 28.8. The number of piperidine rings is 1. The van der Waals surface area contributed by atoms with Gasteiger partial charge in [0.25, 0.3) is 0 Å². The Morgan fingerprint density at radius 2 is 1.68 bits per heavy atom. The van der Waals surface area contributed by atoms with Crippen molar-refractivity contribution in [2.75, 3.05) is 24.6 Å². The lowest BCUT2D eigenvalue weighted by Gasteiger charge is -2.50. The van der Waals surface area contributed by atoms with Crippen LogP contribution >= 0.6 is 0 Å². The molecule has 0 aliphatic carbocycles. The molecule has 2 rings (SSSR count). The van der Waals surface area contributed by atoms with Crippen LogP contribution in [0.25, 0.3) is 0 Å². The molecule has 2 aliphatic heterocycles. The number of hydrogen-bond donors (Lipinski definition) is 2. The highest BCUT2D eigenvalue weighted by molar-refractivity contribution is 7.91. The third-order valence-corrected chi connectivity index (χ3v) is 6.75. The molecule has 2 N–H and O–H groups in total. The number of likely N-dealkylation sites (tertiary alicyclic amines) is 1. The third kappa shape index (κ3) is 4.08. The van der Waals surface area contributed by atoms with Crippen LogP contribution in [0.5, 0.6) is 0 Å². The topological polar surface area (TPSA) is 121 Å². The maximum Gasteiger partial charge on any atom is 0.410 e. The zero-order valence-corrected chi connectivity index (χ0v) is 15.8. The van der Waals surface area contributed by atoms with Crippen molar-refractivity contribution in [3.05, 3.63) is 0 Å². The summed E-state index contributed by atoms with van der Waals surface area (Å²) in [4.78, 5) is 25.6. The van der Waals surface area contributed by atoms with Gasteiger partial charge in [0.15, 0.2) is 0 Å². The number of aliphatic carboxylic acids is 1. The van der Waals surface area contributed by atoms with Crippen molar-refractivity contribution in [2.24, 2.45) is 5.41 Å². The van der Waals surface area contributed by atoms with Crippen molar-refractivity contribution in [1.29, 1.82) is 0 Å². The molecule has 25 heavy (non-hydrogen) atoms. The van der Waals surface area contributed by atoms with Gasteiger partial charge in [0.2, 0.25) is 0 Å². The molecule has 0 radical (unpaired) electrons. The number of carboxylic acid groups (broad SMARTS) is 1. The summed E-state index contributed by atoms with van der Waals surface area (Å²) in [5, 5.41) is 21.0. The highest BCUT2D eigenvalue weighted by Gasteiger charge is 2.59. The second kappa shape index (κ2) is 6.42. The predicted octanol–water partition coefficient (Wildman–Crippen LogP) is 1.03. The van der Waals surface area contributed by atoms with Gasteiger partial charge in [0, 0.05) is 6.54 Å². The lowest BCUT2D eigenvalue weighted by molar-refractivity contribution is -0.180. The number of aliphatic hydroxyl groups is 1. The number of ether oxygens (including phenoxy) is 1. The van der Waals surface area contributed by atoms with E-state index in [1.807, 2.05) is 0 Å². The van der Waals surface area contributed by atoms with Gasteiger partial charge in [0.05, 0.1) is 23.7 Å². The van der Waals surface area contributed by atoms with Crippen LogP contribution in [0.3, 0.4) is 0 Å². The van der Waals surface area contributed by atoms with Gasteiger partial charge >= 0.3 is 12.1 Å². The molecule has 0 spiro atoms. The number of rotatable bonds is 2. The minimum atomic E-state index is -3.29. The van der Waals surface area contributed by atoms with Crippen LogP contribution in [0.2, 0.25) is 0 Å². The maximum atomic E-state index is 12.3. The first-order chi connectivity index (χ1) is 11.3. The molecule has 1 amide bonds. The number of nitrogens with zero attached hydrogens (tertiary/aromatic N) is 1. The van der Waals surface area contributed by atoms with Crippen molar-refractivity contribution in [3.8, 4) is 0 Å². The molecule has 0 aromatic heterocycles. The van der Waals surface area contributed by atoms with E-state index in [4.69, 9.17) is 4.74 Å². The zero-order valence-electron chi connectivity index (χ0n) is 14.9. The fourth-order valence-corrected chi connectivity index (χ4v) is 5.20. The highest BCUT2D eigenvalue weighted by atomic mass is 32.2. The highest BCUT2D eigenvalue weighted by Crippen LogP contribution is 2.47. The van der Waals surface area contributed by atoms with E-state index in [-0.39, 0.29) is 37.3 Å². The Balaban J connectivity index is 2.25. The van der Waals surface area contributed by atoms with E-state index < -0.39 is 38.5 Å². The van der Waals surface area contributed by atoms with Gasteiger partial charge in [-0.3, -0.25) is 4.79 Å². The molecule has 0 aromatic carbocycles. The Kier molecular flexibility index (Phi) is 5.13. The molecule has 0 aromatic rings. The molecule has 2 heterocycles. The van der Waals surface area contributed by atoms with Gasteiger partial charge in [0.1, 0.15) is 20.9 Å². The standard InChI is InChI=1S/C16H27NO7S/c1-14(2,3)24-13(20)17-8-4-5-16(21,11-17)15(12(18)19)6-9-25(22,23)10-7-15/h21H,4-11H2,1-3H3,(H,18,19). The Morgan fingerprint density at radius 1 is 1.12 bits per heavy atom. The van der Waals surface area contributed by atoms with Crippen molar-refractivity contribution in [3.63, 3.8) is 0 Å². The second-order valence-electron chi connectivity index (χ2n) is 8.08. The SMILES string of the molecule is CC(C)(C)OC(=O)N1CCCC(O)(C2(C(=O)O)CCS(=O)(=O)CC2)C1. The number of carboxylic acids is 1. The lowest BCUT2D eigenvalue weighted by atomic mass is 9.64. The van der Waals surface area contributed by atoms with Crippen LogP contribution in [0.15, 0.2) is 0 Å². The molecule has 1 atom stereocenters. The number of carbonyl (C=O) groups is 2. The minimum Gasteiger partial charge on any atom is -0.481 e. The number of hydrogen-bond acceptors (Lipinski definition) is 6. The lowest BCUT2D eigenvalue weighted by Crippen LogP contribution is -2.64. The summed E-state index contributed by atoms with van der Waals surface area (Å²) in [6, 6.07) is 0. The Morgan fingerprint density at radius 3 is 2.16 bits per heavy atom. The zero-order chi connectivity index (χ0) is 19.1. The van der Waals surface area contributed by atoms with Gasteiger partial charge in [-0.15, -0.1) is 0 Å². The summed E-state index contributed by atoms with van der Waals surface area (Å²) in [6.45, 7) is 5.38. The van der Waals surface area contributed by atoms with E-state index in [9.17, 15) is 28.2 Å². The smallest absolute Gasteiger partial charge is 0.410 e. The molecular weight excluding hydrogens is 350 g/mol. The molecule has 0 bridgehead atoms. The van der Waals surface area contributed by atoms with Gasteiger partial charge in [-0.2, -0.15) is 0 Å². The molecular formula is C16H27NO7S. The molecule has 144 valence electrons. The Labute approximate surface area is 148 Å². The van der Waals surface area contributed by atoms with Gasteiger partial charge in [-0.05, 0) is 46.5 Å². The monoisotopic (exact) mass is 377 g/mol. The summed E-state index contributed by atoms with van der Waals surface area (Å²) in [7, 11) is -3.29. The van der Waals surface area contributed by atoms with E-state index in [2.05, 4.69) is 0 Å². The van der Waals surface area contributed by atoms with Crippen LogP contribution in [0.4, 0.5) is 4.79 Å². The number of amides is 1. The van der Waals surface area contributed by atoms with E-state index >= 15 is 0 Å². The molecule has 2 aliphatic rings. The summed E-state index contributed by atoms with van der Waals surface area (Å²) in [5.41, 5.74) is -3.95. The van der Waals surface area contributed by atoms with Crippen LogP contribution in [-0.2, 0) is 19.4 Å². The molecule has 2 fully saturated rings. The minimum absolute atomic E-state index is 0.149. The first-order valence-electron chi connectivity index (χ1n) is 8.44. The van der Waals surface area contributed by atoms with Crippen LogP contribution in [0.1, 0.15) is 46.5 Å². The van der Waals surface area contributed by atoms with E-state index in [0.29, 0.717) is 13.0 Å². The van der Waals surface area contributed by atoms with E-state index in [0.717, 1.165) is 0 Å². The van der Waals surface area contributed by atoms with Crippen LogP contribution in [0, 0.1) is 5.41 Å². The van der Waals surface area contributed by atoms with Gasteiger partial charge in [-0.25, -0.2) is 13.2 Å². The largest absolute Gasteiger partial charge is 0.481 e. The summed E-state index contributed by atoms with van der Waals surface area (Å²) in [6.07, 6.45) is -0.266. The van der Waals surface area contributed by atoms with E-state index in [1.54, 1.807) is 20.8 Å². The predicted molar refractivity (Wildman–Crippen MR) is 89.9 cm³/mol. The quantitative estimate of drug-likeness (QED) is 0.737. The number of sulfone groups is 1.